The van der Waals surface area contributed by atoms with Gasteiger partial charge in [0.1, 0.15) is 0 Å². The first kappa shape index (κ1) is 18.1. The normalized spacial score (nSPS) is 13.4. The molecule has 7 heteroatoms. The van der Waals surface area contributed by atoms with Crippen molar-refractivity contribution in [3.05, 3.63) is 26.6 Å². The molecule has 3 N–H and O–H groups in total. The average Bonchev–Trinajstić information content (AvgIpc) is 2.47. The quantitative estimate of drug-likeness (QED) is 0.714. The number of carbonyl (C=O) groups is 2. The molecule has 5 nitrogen and oxygen atoms in total. The fourth-order valence-corrected chi connectivity index (χ4v) is 2.96. The molecule has 0 aliphatic heterocycles. The van der Waals surface area contributed by atoms with Gasteiger partial charge in [0.15, 0.2) is 0 Å². The number of ether oxygens (including phenoxy) is 1. The van der Waals surface area contributed by atoms with Crippen molar-refractivity contribution in [2.24, 2.45) is 11.1 Å². The minimum absolute atomic E-state index is 0.219. The van der Waals surface area contributed by atoms with Gasteiger partial charge in [-0.25, -0.2) is 4.79 Å². The van der Waals surface area contributed by atoms with Crippen molar-refractivity contribution in [1.29, 1.82) is 0 Å². The molecule has 0 heterocycles. The summed E-state index contributed by atoms with van der Waals surface area (Å²) in [6, 6.07) is 3.34. The molecule has 1 aromatic rings. The largest absolute Gasteiger partial charge is 0.465 e. The van der Waals surface area contributed by atoms with E-state index in [1.807, 2.05) is 6.92 Å². The van der Waals surface area contributed by atoms with Gasteiger partial charge in [-0.15, -0.1) is 0 Å². The lowest BCUT2D eigenvalue weighted by atomic mass is 9.86. The zero-order valence-electron chi connectivity index (χ0n) is 12.1. The summed E-state index contributed by atoms with van der Waals surface area (Å²) in [5.41, 5.74) is 5.64. The Morgan fingerprint density at radius 2 is 2.00 bits per heavy atom. The van der Waals surface area contributed by atoms with Crippen LogP contribution < -0.4 is 11.1 Å². The highest BCUT2D eigenvalue weighted by Gasteiger charge is 2.31. The second-order valence-corrected chi connectivity index (χ2v) is 6.64. The molecule has 1 rings (SSSR count). The summed E-state index contributed by atoms with van der Waals surface area (Å²) in [6.45, 7) is 3.90. The van der Waals surface area contributed by atoms with Crippen molar-refractivity contribution in [2.75, 3.05) is 19.0 Å². The molecule has 0 radical (unpaired) electrons. The molecule has 0 bridgehead atoms. The lowest BCUT2D eigenvalue weighted by Crippen LogP contribution is -2.39. The molecule has 1 atom stereocenters. The van der Waals surface area contributed by atoms with E-state index < -0.39 is 11.4 Å². The molecule has 0 aliphatic carbocycles. The fourth-order valence-electron chi connectivity index (χ4n) is 1.63. The fraction of sp³-hybridized carbons (Fsp3) is 0.429. The van der Waals surface area contributed by atoms with Crippen LogP contribution in [0.15, 0.2) is 21.1 Å². The minimum Gasteiger partial charge on any atom is -0.465 e. The summed E-state index contributed by atoms with van der Waals surface area (Å²) < 4.78 is 6.03. The maximum absolute atomic E-state index is 12.4. The first-order valence-corrected chi connectivity index (χ1v) is 7.96. The number of halogens is 2. The predicted octanol–water partition coefficient (Wildman–Crippen LogP) is 3.31. The highest BCUT2D eigenvalue weighted by atomic mass is 79.9. The number of esters is 1. The van der Waals surface area contributed by atoms with E-state index in [2.05, 4.69) is 37.2 Å². The van der Waals surface area contributed by atoms with Crippen LogP contribution in [0.3, 0.4) is 0 Å². The van der Waals surface area contributed by atoms with Gasteiger partial charge in [-0.2, -0.15) is 0 Å². The van der Waals surface area contributed by atoms with Crippen molar-refractivity contribution in [3.8, 4) is 0 Å². The first-order chi connectivity index (χ1) is 9.78. The average molecular weight is 422 g/mol. The molecular weight excluding hydrogens is 404 g/mol. The Balaban J connectivity index is 3.25. The van der Waals surface area contributed by atoms with E-state index in [9.17, 15) is 9.59 Å². The SMILES string of the molecule is CCC(C)(CN)C(=O)Nc1c(Br)cc(Br)cc1C(=O)OC. The molecule has 0 saturated heterocycles. The van der Waals surface area contributed by atoms with Crippen LogP contribution in [0, 0.1) is 5.41 Å². The van der Waals surface area contributed by atoms with Crippen LogP contribution in [0.5, 0.6) is 0 Å². The number of nitrogens with one attached hydrogen (secondary N) is 1. The molecule has 21 heavy (non-hydrogen) atoms. The molecule has 116 valence electrons. The molecule has 1 amide bonds. The summed E-state index contributed by atoms with van der Waals surface area (Å²) in [5, 5.41) is 2.78. The van der Waals surface area contributed by atoms with E-state index in [0.717, 1.165) is 0 Å². The van der Waals surface area contributed by atoms with Crippen LogP contribution in [-0.4, -0.2) is 25.5 Å². The summed E-state index contributed by atoms with van der Waals surface area (Å²) in [4.78, 5) is 24.3. The Morgan fingerprint density at radius 1 is 1.38 bits per heavy atom. The predicted molar refractivity (Wildman–Crippen MR) is 89.3 cm³/mol. The van der Waals surface area contributed by atoms with Crippen LogP contribution in [0.1, 0.15) is 30.6 Å². The monoisotopic (exact) mass is 420 g/mol. The zero-order valence-corrected chi connectivity index (χ0v) is 15.3. The maximum Gasteiger partial charge on any atom is 0.340 e. The molecule has 0 spiro atoms. The third-order valence-corrected chi connectivity index (χ3v) is 4.56. The van der Waals surface area contributed by atoms with E-state index in [1.165, 1.54) is 7.11 Å². The molecule has 1 unspecified atom stereocenters. The molecular formula is C14H18Br2N2O3. The summed E-state index contributed by atoms with van der Waals surface area (Å²) >= 11 is 6.66. The molecule has 0 saturated carbocycles. The van der Waals surface area contributed by atoms with E-state index in [1.54, 1.807) is 19.1 Å². The zero-order chi connectivity index (χ0) is 16.2. The summed E-state index contributed by atoms with van der Waals surface area (Å²) in [6.07, 6.45) is 0.594. The molecule has 0 aromatic heterocycles. The summed E-state index contributed by atoms with van der Waals surface area (Å²) in [7, 11) is 1.29. The smallest absolute Gasteiger partial charge is 0.340 e. The number of hydrogen-bond donors (Lipinski definition) is 2. The molecule has 0 fully saturated rings. The van der Waals surface area contributed by atoms with E-state index >= 15 is 0 Å². The lowest BCUT2D eigenvalue weighted by molar-refractivity contribution is -0.124. The van der Waals surface area contributed by atoms with Crippen molar-refractivity contribution >= 4 is 49.4 Å². The van der Waals surface area contributed by atoms with E-state index in [0.29, 0.717) is 21.1 Å². The van der Waals surface area contributed by atoms with Crippen molar-refractivity contribution in [3.63, 3.8) is 0 Å². The number of hydrogen-bond acceptors (Lipinski definition) is 4. The van der Waals surface area contributed by atoms with Gasteiger partial charge in [0.25, 0.3) is 0 Å². The second kappa shape index (κ2) is 7.38. The highest BCUT2D eigenvalue weighted by Crippen LogP contribution is 2.33. The van der Waals surface area contributed by atoms with Gasteiger partial charge in [-0.05, 0) is 41.4 Å². The van der Waals surface area contributed by atoms with Crippen molar-refractivity contribution in [2.45, 2.75) is 20.3 Å². The maximum atomic E-state index is 12.4. The van der Waals surface area contributed by atoms with Gasteiger partial charge < -0.3 is 15.8 Å². The number of amides is 1. The number of carbonyl (C=O) groups excluding carboxylic acids is 2. The second-order valence-electron chi connectivity index (χ2n) is 4.87. The molecule has 1 aromatic carbocycles. The van der Waals surface area contributed by atoms with Crippen LogP contribution >= 0.6 is 31.9 Å². The van der Waals surface area contributed by atoms with Crippen LogP contribution in [0.2, 0.25) is 0 Å². The Labute approximate surface area is 140 Å². The van der Waals surface area contributed by atoms with Gasteiger partial charge in [0.05, 0.1) is 23.8 Å². The van der Waals surface area contributed by atoms with Crippen molar-refractivity contribution in [1.82, 2.24) is 0 Å². The number of rotatable bonds is 5. The van der Waals surface area contributed by atoms with Crippen molar-refractivity contribution < 1.29 is 14.3 Å². The van der Waals surface area contributed by atoms with Crippen LogP contribution in [-0.2, 0) is 9.53 Å². The Kier molecular flexibility index (Phi) is 6.37. The first-order valence-electron chi connectivity index (χ1n) is 6.38. The van der Waals surface area contributed by atoms with Gasteiger partial charge in [0.2, 0.25) is 5.91 Å². The van der Waals surface area contributed by atoms with Gasteiger partial charge in [0, 0.05) is 15.5 Å². The van der Waals surface area contributed by atoms with E-state index in [-0.39, 0.29) is 18.0 Å². The minimum atomic E-state index is -0.695. The Morgan fingerprint density at radius 3 is 2.48 bits per heavy atom. The van der Waals surface area contributed by atoms with Gasteiger partial charge >= 0.3 is 5.97 Å². The number of anilines is 1. The standard InChI is InChI=1S/C14H18Br2N2O3/c1-4-14(2,7-17)13(20)18-11-9(12(19)21-3)5-8(15)6-10(11)16/h5-6H,4,7,17H2,1-3H3,(H,18,20). The number of methoxy groups -OCH3 is 1. The highest BCUT2D eigenvalue weighted by molar-refractivity contribution is 9.11. The molecule has 0 aliphatic rings. The number of nitrogens with two attached hydrogens (primary N) is 1. The third-order valence-electron chi connectivity index (χ3n) is 3.48. The van der Waals surface area contributed by atoms with E-state index in [4.69, 9.17) is 10.5 Å². The topological polar surface area (TPSA) is 81.4 Å². The summed E-state index contributed by atoms with van der Waals surface area (Å²) in [5.74, 6) is -0.765. The van der Waals surface area contributed by atoms with Crippen LogP contribution in [0.4, 0.5) is 5.69 Å². The third kappa shape index (κ3) is 4.05. The number of benzene rings is 1. The Hall–Kier alpha value is -0.920. The van der Waals surface area contributed by atoms with Gasteiger partial charge in [-0.1, -0.05) is 22.9 Å². The van der Waals surface area contributed by atoms with Crippen LogP contribution in [0.25, 0.3) is 0 Å². The Bertz CT molecular complexity index is 557. The van der Waals surface area contributed by atoms with Gasteiger partial charge in [-0.3, -0.25) is 4.79 Å². The lowest BCUT2D eigenvalue weighted by Gasteiger charge is -2.26.